The van der Waals surface area contributed by atoms with Gasteiger partial charge in [0.05, 0.1) is 18.1 Å². The molecule has 8 rings (SSSR count). The molecule has 0 saturated heterocycles. The van der Waals surface area contributed by atoms with Gasteiger partial charge in [0.1, 0.15) is 11.7 Å². The van der Waals surface area contributed by atoms with E-state index in [-0.39, 0.29) is 52.5 Å². The smallest absolute Gasteiger partial charge is 0.309 e. The zero-order valence-corrected chi connectivity index (χ0v) is 30.2. The molecule has 5 heteroatoms. The monoisotopic (exact) mass is 684 g/mol. The minimum absolute atomic E-state index is 0.0249. The van der Waals surface area contributed by atoms with Crippen LogP contribution in [0.2, 0.25) is 0 Å². The molecule has 3 aromatic rings. The van der Waals surface area contributed by atoms with Crippen molar-refractivity contribution in [3.63, 3.8) is 0 Å². The van der Waals surface area contributed by atoms with Crippen LogP contribution >= 0.6 is 0 Å². The van der Waals surface area contributed by atoms with Crippen LogP contribution in [-0.2, 0) is 24.7 Å². The van der Waals surface area contributed by atoms with Gasteiger partial charge in [0.25, 0.3) is 0 Å². The lowest BCUT2D eigenvalue weighted by atomic mass is 9.47. The average Bonchev–Trinajstić information content (AvgIpc) is 3.40. The molecule has 0 heterocycles. The Morgan fingerprint density at radius 3 is 1.96 bits per heavy atom. The van der Waals surface area contributed by atoms with Gasteiger partial charge in [-0.3, -0.25) is 9.59 Å². The molecule has 0 spiro atoms. The summed E-state index contributed by atoms with van der Waals surface area (Å²) in [7, 11) is 0. The number of allylic oxidation sites excluding steroid dienone is 4. The highest BCUT2D eigenvalue weighted by Crippen LogP contribution is 2.66. The first-order chi connectivity index (χ1) is 24.6. The Morgan fingerprint density at radius 1 is 0.824 bits per heavy atom. The molecule has 3 aromatic carbocycles. The Balaban J connectivity index is 0.979. The number of carbonyl (C=O) groups is 2. The summed E-state index contributed by atoms with van der Waals surface area (Å²) in [6, 6.07) is 31.5. The second kappa shape index (κ2) is 13.3. The molecular weight excluding hydrogens is 633 g/mol. The molecule has 1 N–H and O–H groups in total. The van der Waals surface area contributed by atoms with E-state index in [1.54, 1.807) is 6.08 Å². The van der Waals surface area contributed by atoms with Gasteiger partial charge in [0.15, 0.2) is 5.78 Å². The van der Waals surface area contributed by atoms with Gasteiger partial charge in [-0.25, -0.2) is 0 Å². The van der Waals surface area contributed by atoms with Crippen LogP contribution in [0.1, 0.15) is 88.8 Å². The highest BCUT2D eigenvalue weighted by Gasteiger charge is 2.64. The van der Waals surface area contributed by atoms with Crippen LogP contribution in [0.5, 0.6) is 0 Å². The molecule has 8 unspecified atom stereocenters. The largest absolute Gasteiger partial charge is 0.461 e. The van der Waals surface area contributed by atoms with Crippen LogP contribution in [0.15, 0.2) is 115 Å². The fourth-order valence-electron chi connectivity index (χ4n) is 11.5. The highest BCUT2D eigenvalue weighted by molar-refractivity contribution is 6.01. The molecule has 0 radical (unpaired) electrons. The molecule has 0 aliphatic heterocycles. The van der Waals surface area contributed by atoms with Crippen LogP contribution < -0.4 is 0 Å². The predicted molar refractivity (Wildman–Crippen MR) is 198 cm³/mol. The number of esters is 1. The Hall–Kier alpha value is -3.80. The summed E-state index contributed by atoms with van der Waals surface area (Å²) in [6.45, 7) is 6.72. The van der Waals surface area contributed by atoms with Crippen LogP contribution in [0.4, 0.5) is 0 Å². The minimum atomic E-state index is -0.778. The van der Waals surface area contributed by atoms with Crippen molar-refractivity contribution in [2.45, 2.75) is 96.1 Å². The van der Waals surface area contributed by atoms with Gasteiger partial charge in [0.2, 0.25) is 0 Å². The van der Waals surface area contributed by atoms with Crippen molar-refractivity contribution < 1.29 is 24.2 Å². The van der Waals surface area contributed by atoms with Crippen molar-refractivity contribution in [1.29, 1.82) is 0 Å². The summed E-state index contributed by atoms with van der Waals surface area (Å²) >= 11 is 0. The molecule has 0 aromatic heterocycles. The molecule has 5 aliphatic carbocycles. The van der Waals surface area contributed by atoms with Crippen molar-refractivity contribution in [2.24, 2.45) is 40.4 Å². The lowest BCUT2D eigenvalue weighted by Gasteiger charge is -2.58. The number of aliphatic hydroxyl groups excluding tert-OH is 1. The maximum Gasteiger partial charge on any atom is 0.309 e. The summed E-state index contributed by atoms with van der Waals surface area (Å²) in [5.74, 6) is 0.815. The van der Waals surface area contributed by atoms with Crippen LogP contribution in [0, 0.1) is 40.4 Å². The van der Waals surface area contributed by atoms with Crippen molar-refractivity contribution in [2.75, 3.05) is 0 Å². The third-order valence-corrected chi connectivity index (χ3v) is 13.9. The van der Waals surface area contributed by atoms with Gasteiger partial charge in [0, 0.05) is 16.7 Å². The quantitative estimate of drug-likeness (QED) is 0.199. The number of rotatable bonds is 7. The van der Waals surface area contributed by atoms with Crippen LogP contribution in [0.25, 0.3) is 0 Å². The number of hydrogen-bond donors (Lipinski definition) is 1. The predicted octanol–water partition coefficient (Wildman–Crippen LogP) is 8.99. The van der Waals surface area contributed by atoms with Gasteiger partial charge in [-0.15, -0.1) is 0 Å². The third kappa shape index (κ3) is 5.76. The molecule has 266 valence electrons. The Morgan fingerprint density at radius 2 is 1.39 bits per heavy atom. The first-order valence-corrected chi connectivity index (χ1v) is 19.3. The Bertz CT molecular complexity index is 1690. The Labute approximate surface area is 303 Å². The summed E-state index contributed by atoms with van der Waals surface area (Å²) in [5, 5.41) is 11.8. The first kappa shape index (κ1) is 34.3. The van der Waals surface area contributed by atoms with Crippen LogP contribution in [0.3, 0.4) is 0 Å². The number of hydrogen-bond acceptors (Lipinski definition) is 5. The van der Waals surface area contributed by atoms with E-state index >= 15 is 0 Å². The number of aliphatic hydroxyl groups is 1. The fraction of sp³-hybridized carbons (Fsp3) is 0.478. The maximum atomic E-state index is 14.0. The molecule has 51 heavy (non-hydrogen) atoms. The number of carbonyl (C=O) groups excluding carboxylic acids is 2. The Kier molecular flexibility index (Phi) is 8.95. The van der Waals surface area contributed by atoms with E-state index in [4.69, 9.17) is 9.47 Å². The molecule has 8 atom stereocenters. The number of benzene rings is 3. The second-order valence-electron chi connectivity index (χ2n) is 16.7. The molecule has 0 bridgehead atoms. The van der Waals surface area contributed by atoms with Crippen molar-refractivity contribution in [1.82, 2.24) is 0 Å². The van der Waals surface area contributed by atoms with E-state index in [0.717, 1.165) is 61.6 Å². The zero-order chi connectivity index (χ0) is 35.4. The van der Waals surface area contributed by atoms with Gasteiger partial charge in [-0.1, -0.05) is 123 Å². The van der Waals surface area contributed by atoms with E-state index in [0.29, 0.717) is 18.3 Å². The normalized spacial score (nSPS) is 36.0. The van der Waals surface area contributed by atoms with Gasteiger partial charge >= 0.3 is 5.97 Å². The molecule has 4 fully saturated rings. The third-order valence-electron chi connectivity index (χ3n) is 13.9. The SMILES string of the molecule is CC1CC2C3CCC4=CC(=O)C=CC4(C)C3C(O)CC2(C)C1OC(=O)C1CCC(OC(c2ccccc2)(c2ccccc2)c2ccccc2)CC1. The highest BCUT2D eigenvalue weighted by atomic mass is 16.5. The summed E-state index contributed by atoms with van der Waals surface area (Å²) in [6.07, 6.45) is 11.3. The number of ether oxygens (including phenoxy) is 2. The van der Waals surface area contributed by atoms with Gasteiger partial charge < -0.3 is 14.6 Å². The molecule has 5 nitrogen and oxygen atoms in total. The molecular formula is C46H52O5. The molecule has 4 saturated carbocycles. The lowest BCUT2D eigenvalue weighted by Crippen LogP contribution is -2.57. The fourth-order valence-corrected chi connectivity index (χ4v) is 11.5. The van der Waals surface area contributed by atoms with E-state index in [1.807, 2.05) is 24.3 Å². The molecule has 0 amide bonds. The number of fused-ring (bicyclic) bond motifs is 5. The zero-order valence-electron chi connectivity index (χ0n) is 30.2. The maximum absolute atomic E-state index is 14.0. The van der Waals surface area contributed by atoms with E-state index in [1.165, 1.54) is 5.57 Å². The lowest BCUT2D eigenvalue weighted by molar-refractivity contribution is -0.176. The summed E-state index contributed by atoms with van der Waals surface area (Å²) < 4.78 is 13.9. The van der Waals surface area contributed by atoms with Crippen molar-refractivity contribution in [3.8, 4) is 0 Å². The summed E-state index contributed by atoms with van der Waals surface area (Å²) in [5.41, 5.74) is 3.09. The first-order valence-electron chi connectivity index (χ1n) is 19.3. The summed E-state index contributed by atoms with van der Waals surface area (Å²) in [4.78, 5) is 26.3. The second-order valence-corrected chi connectivity index (χ2v) is 16.7. The number of ketones is 1. The standard InChI is InChI=1S/C46H52O5/c1-30-27-39-38-24-21-35-28-36(47)25-26-44(35,2)41(38)40(48)29-45(39,3)42(30)50-43(49)31-19-22-37(23-20-31)51-46(32-13-7-4-8-14-32,33-15-9-5-10-16-33)34-17-11-6-12-18-34/h4-18,25-26,28,30-31,37-42,48H,19-24,27,29H2,1-3H3. The van der Waals surface area contributed by atoms with Crippen molar-refractivity contribution in [3.05, 3.63) is 131 Å². The minimum Gasteiger partial charge on any atom is -0.461 e. The van der Waals surface area contributed by atoms with E-state index < -0.39 is 11.7 Å². The van der Waals surface area contributed by atoms with Crippen molar-refractivity contribution >= 4 is 11.8 Å². The molecule has 5 aliphatic rings. The van der Waals surface area contributed by atoms with E-state index in [9.17, 15) is 14.7 Å². The average molecular weight is 685 g/mol. The van der Waals surface area contributed by atoms with Crippen LogP contribution in [-0.4, -0.2) is 35.2 Å². The van der Waals surface area contributed by atoms with Gasteiger partial charge in [-0.2, -0.15) is 0 Å². The topological polar surface area (TPSA) is 72.8 Å². The van der Waals surface area contributed by atoms with Gasteiger partial charge in [-0.05, 0) is 98.0 Å². The van der Waals surface area contributed by atoms with E-state index in [2.05, 4.69) is 99.6 Å².